The number of nitrogens with zero attached hydrogens (tertiary/aromatic N) is 3. The number of rotatable bonds is 5. The standard InChI is InChI=1S/C22H26N4O4/c1-3-19-23-9-15(10-24-19)11-26-12-17(21(28)29-4-2)22(13-26)14-30-18-8-6-5-7-16(18)20(27)25-22/h5-10,17H,3-4,11-14H2,1-2H3,(H,25,27)/t17-,22-/m0/s1. The molecule has 4 rings (SSSR count). The van der Waals surface area contributed by atoms with Gasteiger partial charge in [-0.1, -0.05) is 19.1 Å². The van der Waals surface area contributed by atoms with E-state index in [9.17, 15) is 9.59 Å². The van der Waals surface area contributed by atoms with Gasteiger partial charge in [0.15, 0.2) is 0 Å². The number of ether oxygens (including phenoxy) is 2. The highest BCUT2D eigenvalue weighted by Gasteiger charge is 2.53. The van der Waals surface area contributed by atoms with Crippen LogP contribution in [0.5, 0.6) is 5.75 Å². The first-order chi connectivity index (χ1) is 14.5. The van der Waals surface area contributed by atoms with E-state index in [1.54, 1.807) is 25.1 Å². The molecule has 1 aromatic carbocycles. The van der Waals surface area contributed by atoms with Gasteiger partial charge in [-0.3, -0.25) is 14.5 Å². The number of aromatic nitrogens is 2. The summed E-state index contributed by atoms with van der Waals surface area (Å²) in [5.74, 6) is 0.216. The predicted octanol–water partition coefficient (Wildman–Crippen LogP) is 1.60. The fraction of sp³-hybridized carbons (Fsp3) is 0.455. The third-order valence-electron chi connectivity index (χ3n) is 5.65. The van der Waals surface area contributed by atoms with Crippen molar-refractivity contribution >= 4 is 11.9 Å². The molecule has 0 radical (unpaired) electrons. The Hall–Kier alpha value is -3.00. The largest absolute Gasteiger partial charge is 0.490 e. The summed E-state index contributed by atoms with van der Waals surface area (Å²) < 4.78 is 11.3. The molecular formula is C22H26N4O4. The van der Waals surface area contributed by atoms with Gasteiger partial charge in [0, 0.05) is 44.0 Å². The number of carbonyl (C=O) groups excluding carboxylic acids is 2. The van der Waals surface area contributed by atoms with E-state index in [0.29, 0.717) is 30.9 Å². The molecule has 3 heterocycles. The first-order valence-electron chi connectivity index (χ1n) is 10.3. The minimum absolute atomic E-state index is 0.195. The van der Waals surface area contributed by atoms with Gasteiger partial charge in [0.2, 0.25) is 0 Å². The number of esters is 1. The fourth-order valence-electron chi connectivity index (χ4n) is 4.16. The molecule has 0 bridgehead atoms. The van der Waals surface area contributed by atoms with Crippen molar-refractivity contribution in [1.29, 1.82) is 0 Å². The monoisotopic (exact) mass is 410 g/mol. The molecule has 2 atom stereocenters. The number of aryl methyl sites for hydroxylation is 1. The maximum Gasteiger partial charge on any atom is 0.312 e. The third kappa shape index (κ3) is 3.87. The molecular weight excluding hydrogens is 384 g/mol. The van der Waals surface area contributed by atoms with E-state index in [1.807, 2.05) is 25.4 Å². The normalized spacial score (nSPS) is 23.4. The number of amides is 1. The van der Waals surface area contributed by atoms with Gasteiger partial charge in [-0.25, -0.2) is 9.97 Å². The van der Waals surface area contributed by atoms with Crippen molar-refractivity contribution in [1.82, 2.24) is 20.2 Å². The fourth-order valence-corrected chi connectivity index (χ4v) is 4.16. The second-order valence-corrected chi connectivity index (χ2v) is 7.73. The Bertz CT molecular complexity index is 933. The number of hydrogen-bond acceptors (Lipinski definition) is 7. The summed E-state index contributed by atoms with van der Waals surface area (Å²) >= 11 is 0. The van der Waals surface area contributed by atoms with E-state index in [1.165, 1.54) is 0 Å². The maximum atomic E-state index is 12.9. The first kappa shape index (κ1) is 20.3. The van der Waals surface area contributed by atoms with Crippen molar-refractivity contribution in [3.63, 3.8) is 0 Å². The second kappa shape index (κ2) is 8.39. The lowest BCUT2D eigenvalue weighted by Crippen LogP contribution is -2.59. The molecule has 2 aliphatic rings. The molecule has 1 aromatic heterocycles. The molecule has 0 aliphatic carbocycles. The highest BCUT2D eigenvalue weighted by molar-refractivity contribution is 5.98. The lowest BCUT2D eigenvalue weighted by molar-refractivity contribution is -0.150. The van der Waals surface area contributed by atoms with E-state index in [2.05, 4.69) is 20.2 Å². The highest BCUT2D eigenvalue weighted by atomic mass is 16.5. The van der Waals surface area contributed by atoms with Gasteiger partial charge in [0.1, 0.15) is 23.7 Å². The Morgan fingerprint density at radius 3 is 2.80 bits per heavy atom. The zero-order valence-corrected chi connectivity index (χ0v) is 17.3. The van der Waals surface area contributed by atoms with Crippen LogP contribution in [0.4, 0.5) is 0 Å². The average Bonchev–Trinajstić information content (AvgIpc) is 3.03. The Morgan fingerprint density at radius 2 is 2.07 bits per heavy atom. The van der Waals surface area contributed by atoms with Gasteiger partial charge < -0.3 is 14.8 Å². The molecule has 2 aliphatic heterocycles. The number of carbonyl (C=O) groups is 2. The highest BCUT2D eigenvalue weighted by Crippen LogP contribution is 2.34. The molecule has 1 fully saturated rings. The number of nitrogens with one attached hydrogen (secondary N) is 1. The van der Waals surface area contributed by atoms with Crippen LogP contribution in [-0.2, 0) is 22.5 Å². The second-order valence-electron chi connectivity index (χ2n) is 7.73. The number of fused-ring (bicyclic) bond motifs is 1. The van der Waals surface area contributed by atoms with Gasteiger partial charge >= 0.3 is 5.97 Å². The minimum Gasteiger partial charge on any atom is -0.490 e. The van der Waals surface area contributed by atoms with Crippen molar-refractivity contribution in [3.8, 4) is 5.75 Å². The topological polar surface area (TPSA) is 93.7 Å². The first-order valence-corrected chi connectivity index (χ1v) is 10.3. The van der Waals surface area contributed by atoms with E-state index >= 15 is 0 Å². The lowest BCUT2D eigenvalue weighted by Gasteiger charge is -2.32. The van der Waals surface area contributed by atoms with Gasteiger partial charge in [-0.15, -0.1) is 0 Å². The van der Waals surface area contributed by atoms with Gasteiger partial charge in [0.05, 0.1) is 18.1 Å². The number of para-hydroxylation sites is 1. The maximum absolute atomic E-state index is 12.9. The summed E-state index contributed by atoms with van der Waals surface area (Å²) in [5.41, 5.74) is 0.557. The summed E-state index contributed by atoms with van der Waals surface area (Å²) in [6, 6.07) is 7.12. The summed E-state index contributed by atoms with van der Waals surface area (Å²) in [4.78, 5) is 36.6. The van der Waals surface area contributed by atoms with E-state index in [4.69, 9.17) is 9.47 Å². The Balaban J connectivity index is 1.59. The van der Waals surface area contributed by atoms with Crippen molar-refractivity contribution in [3.05, 3.63) is 53.6 Å². The molecule has 1 N–H and O–H groups in total. The molecule has 2 aromatic rings. The summed E-state index contributed by atoms with van der Waals surface area (Å²) in [5, 5.41) is 3.10. The molecule has 0 saturated carbocycles. The van der Waals surface area contributed by atoms with Crippen molar-refractivity contribution in [2.75, 3.05) is 26.3 Å². The smallest absolute Gasteiger partial charge is 0.312 e. The number of hydrogen-bond donors (Lipinski definition) is 1. The minimum atomic E-state index is -0.868. The van der Waals surface area contributed by atoms with Crippen molar-refractivity contribution < 1.29 is 19.1 Å². The summed E-state index contributed by atoms with van der Waals surface area (Å²) in [7, 11) is 0. The summed E-state index contributed by atoms with van der Waals surface area (Å²) in [6.07, 6.45) is 4.41. The van der Waals surface area contributed by atoms with Crippen LogP contribution in [0.15, 0.2) is 36.7 Å². The van der Waals surface area contributed by atoms with Gasteiger partial charge in [-0.05, 0) is 19.1 Å². The van der Waals surface area contributed by atoms with E-state index < -0.39 is 11.5 Å². The Kier molecular flexibility index (Phi) is 5.67. The Morgan fingerprint density at radius 1 is 1.30 bits per heavy atom. The molecule has 158 valence electrons. The Labute approximate surface area is 175 Å². The van der Waals surface area contributed by atoms with Crippen molar-refractivity contribution in [2.24, 2.45) is 5.92 Å². The van der Waals surface area contributed by atoms with Gasteiger partial charge in [-0.2, -0.15) is 0 Å². The van der Waals surface area contributed by atoms with Crippen LogP contribution < -0.4 is 10.1 Å². The number of likely N-dealkylation sites (tertiary alicyclic amines) is 1. The SMILES string of the molecule is CCOC(=O)[C@@H]1CN(Cc2cnc(CC)nc2)C[C@]12COc1ccccc1C(=O)N2. The van der Waals surface area contributed by atoms with Crippen LogP contribution in [-0.4, -0.2) is 58.6 Å². The van der Waals surface area contributed by atoms with Gasteiger partial charge in [0.25, 0.3) is 5.91 Å². The van der Waals surface area contributed by atoms with Crippen LogP contribution in [0.1, 0.15) is 35.6 Å². The average molecular weight is 410 g/mol. The van der Waals surface area contributed by atoms with Crippen LogP contribution in [0, 0.1) is 5.92 Å². The predicted molar refractivity (Wildman–Crippen MR) is 109 cm³/mol. The molecule has 0 unspecified atom stereocenters. The van der Waals surface area contributed by atoms with Crippen molar-refractivity contribution in [2.45, 2.75) is 32.4 Å². The zero-order valence-electron chi connectivity index (χ0n) is 17.3. The molecule has 30 heavy (non-hydrogen) atoms. The van der Waals surface area contributed by atoms with E-state index in [0.717, 1.165) is 17.8 Å². The van der Waals surface area contributed by atoms with Crippen LogP contribution >= 0.6 is 0 Å². The lowest BCUT2D eigenvalue weighted by atomic mass is 9.87. The molecule has 1 saturated heterocycles. The third-order valence-corrected chi connectivity index (χ3v) is 5.65. The van der Waals surface area contributed by atoms with Crippen LogP contribution in [0.3, 0.4) is 0 Å². The summed E-state index contributed by atoms with van der Waals surface area (Å²) in [6.45, 7) is 5.76. The molecule has 1 spiro atoms. The molecule has 8 nitrogen and oxygen atoms in total. The van der Waals surface area contributed by atoms with Crippen LogP contribution in [0.2, 0.25) is 0 Å². The quantitative estimate of drug-likeness (QED) is 0.748. The van der Waals surface area contributed by atoms with E-state index in [-0.39, 0.29) is 25.1 Å². The molecule has 1 amide bonds. The molecule has 8 heteroatoms. The zero-order chi connectivity index (χ0) is 21.1. The van der Waals surface area contributed by atoms with Crippen LogP contribution in [0.25, 0.3) is 0 Å². The number of benzene rings is 1.